The third-order valence-corrected chi connectivity index (χ3v) is 4.42. The highest BCUT2D eigenvalue weighted by Crippen LogP contribution is 2.22. The summed E-state index contributed by atoms with van der Waals surface area (Å²) in [5, 5.41) is 2.67. The average Bonchev–Trinajstić information content (AvgIpc) is 3.01. The SMILES string of the molecule is Cc1cc(=O)oc2cc(OCc3cc(=O)n4ccsc4n3)ccc12. The first-order valence-electron chi connectivity index (χ1n) is 7.23. The van der Waals surface area contributed by atoms with Crippen LogP contribution in [0.3, 0.4) is 0 Å². The van der Waals surface area contributed by atoms with Gasteiger partial charge in [-0.25, -0.2) is 9.78 Å². The molecule has 0 unspecified atom stereocenters. The van der Waals surface area contributed by atoms with Crippen molar-refractivity contribution < 1.29 is 9.15 Å². The lowest BCUT2D eigenvalue weighted by molar-refractivity contribution is 0.301. The molecule has 0 saturated heterocycles. The van der Waals surface area contributed by atoms with Crippen LogP contribution in [0, 0.1) is 6.92 Å². The van der Waals surface area contributed by atoms with Crippen LogP contribution in [0.4, 0.5) is 0 Å². The molecule has 0 spiro atoms. The summed E-state index contributed by atoms with van der Waals surface area (Å²) in [6.07, 6.45) is 1.69. The number of thiazole rings is 1. The summed E-state index contributed by atoms with van der Waals surface area (Å²) in [4.78, 5) is 28.4. The second kappa shape index (κ2) is 5.61. The topological polar surface area (TPSA) is 73.8 Å². The lowest BCUT2D eigenvalue weighted by atomic mass is 10.1. The Hall–Kier alpha value is -2.93. The van der Waals surface area contributed by atoms with E-state index in [2.05, 4.69) is 4.98 Å². The fourth-order valence-corrected chi connectivity index (χ4v) is 3.25. The van der Waals surface area contributed by atoms with Crippen molar-refractivity contribution in [3.8, 4) is 5.75 Å². The number of hydrogen-bond donors (Lipinski definition) is 0. The monoisotopic (exact) mass is 340 g/mol. The molecule has 3 aromatic heterocycles. The van der Waals surface area contributed by atoms with Gasteiger partial charge < -0.3 is 9.15 Å². The average molecular weight is 340 g/mol. The molecule has 1 aromatic carbocycles. The minimum absolute atomic E-state index is 0.139. The van der Waals surface area contributed by atoms with E-state index in [4.69, 9.17) is 9.15 Å². The number of fused-ring (bicyclic) bond motifs is 2. The van der Waals surface area contributed by atoms with Gasteiger partial charge in [0.1, 0.15) is 17.9 Å². The van der Waals surface area contributed by atoms with E-state index in [1.54, 1.807) is 18.3 Å². The second-order valence-corrected chi connectivity index (χ2v) is 6.21. The van der Waals surface area contributed by atoms with Gasteiger partial charge in [0.25, 0.3) is 5.56 Å². The first-order chi connectivity index (χ1) is 11.6. The molecule has 0 aliphatic carbocycles. The fraction of sp³-hybridized carbons (Fsp3) is 0.118. The van der Waals surface area contributed by atoms with Gasteiger partial charge in [0.2, 0.25) is 0 Å². The van der Waals surface area contributed by atoms with Crippen LogP contribution >= 0.6 is 11.3 Å². The van der Waals surface area contributed by atoms with Gasteiger partial charge in [0.05, 0.1) is 5.69 Å². The van der Waals surface area contributed by atoms with E-state index in [-0.39, 0.29) is 12.2 Å². The number of ether oxygens (including phenoxy) is 1. The van der Waals surface area contributed by atoms with Crippen molar-refractivity contribution in [1.29, 1.82) is 0 Å². The van der Waals surface area contributed by atoms with Gasteiger partial charge in [-0.1, -0.05) is 0 Å². The molecule has 0 amide bonds. The first kappa shape index (κ1) is 14.6. The van der Waals surface area contributed by atoms with Crippen molar-refractivity contribution in [2.45, 2.75) is 13.5 Å². The Bertz CT molecular complexity index is 1170. The summed E-state index contributed by atoms with van der Waals surface area (Å²) in [6, 6.07) is 8.21. The van der Waals surface area contributed by atoms with Crippen molar-refractivity contribution >= 4 is 27.3 Å². The number of rotatable bonds is 3. The highest BCUT2D eigenvalue weighted by Gasteiger charge is 2.07. The van der Waals surface area contributed by atoms with E-state index < -0.39 is 5.63 Å². The molecule has 120 valence electrons. The molecule has 4 rings (SSSR count). The number of benzene rings is 1. The van der Waals surface area contributed by atoms with Gasteiger partial charge in [-0.15, -0.1) is 11.3 Å². The molecule has 3 heterocycles. The molecule has 0 fully saturated rings. The molecule has 6 nitrogen and oxygen atoms in total. The Labute approximate surface area is 139 Å². The predicted octanol–water partition coefficient (Wildman–Crippen LogP) is 2.75. The van der Waals surface area contributed by atoms with Crippen LogP contribution in [0.15, 0.2) is 55.9 Å². The predicted molar refractivity (Wildman–Crippen MR) is 90.9 cm³/mol. The van der Waals surface area contributed by atoms with E-state index in [9.17, 15) is 9.59 Å². The Kier molecular flexibility index (Phi) is 3.42. The first-order valence-corrected chi connectivity index (χ1v) is 8.11. The summed E-state index contributed by atoms with van der Waals surface area (Å²) < 4.78 is 12.4. The number of aryl methyl sites for hydroxylation is 1. The van der Waals surface area contributed by atoms with Gasteiger partial charge >= 0.3 is 5.63 Å². The molecule has 24 heavy (non-hydrogen) atoms. The fourth-order valence-electron chi connectivity index (χ4n) is 2.51. The van der Waals surface area contributed by atoms with E-state index in [1.165, 1.54) is 27.9 Å². The highest BCUT2D eigenvalue weighted by atomic mass is 32.1. The van der Waals surface area contributed by atoms with Crippen molar-refractivity contribution in [3.05, 3.63) is 73.9 Å². The Morgan fingerprint density at radius 3 is 3.00 bits per heavy atom. The third-order valence-electron chi connectivity index (χ3n) is 3.67. The van der Waals surface area contributed by atoms with Crippen molar-refractivity contribution in [1.82, 2.24) is 9.38 Å². The van der Waals surface area contributed by atoms with E-state index in [0.717, 1.165) is 10.9 Å². The molecule has 0 atom stereocenters. The number of nitrogens with zero attached hydrogens (tertiary/aromatic N) is 2. The van der Waals surface area contributed by atoms with Crippen LogP contribution in [0.25, 0.3) is 15.9 Å². The zero-order chi connectivity index (χ0) is 16.7. The Morgan fingerprint density at radius 2 is 2.12 bits per heavy atom. The maximum Gasteiger partial charge on any atom is 0.336 e. The minimum atomic E-state index is -0.394. The Balaban J connectivity index is 1.64. The molecule has 0 N–H and O–H groups in total. The lowest BCUT2D eigenvalue weighted by Crippen LogP contribution is -2.14. The molecule has 0 bridgehead atoms. The normalized spacial score (nSPS) is 11.2. The van der Waals surface area contributed by atoms with Crippen molar-refractivity contribution in [3.63, 3.8) is 0 Å². The molecule has 0 aliphatic rings. The van der Waals surface area contributed by atoms with E-state index in [0.29, 0.717) is 22.0 Å². The van der Waals surface area contributed by atoms with E-state index >= 15 is 0 Å². The van der Waals surface area contributed by atoms with Gasteiger partial charge in [-0.05, 0) is 24.6 Å². The third kappa shape index (κ3) is 2.59. The zero-order valence-electron chi connectivity index (χ0n) is 12.7. The van der Waals surface area contributed by atoms with Crippen LogP contribution in [-0.4, -0.2) is 9.38 Å². The van der Waals surface area contributed by atoms with Crippen LogP contribution < -0.4 is 15.9 Å². The summed E-state index contributed by atoms with van der Waals surface area (Å²) in [5.74, 6) is 0.546. The van der Waals surface area contributed by atoms with Gasteiger partial charge in [-0.2, -0.15) is 0 Å². The molecular formula is C17H12N2O4S. The van der Waals surface area contributed by atoms with Crippen molar-refractivity contribution in [2.75, 3.05) is 0 Å². The van der Waals surface area contributed by atoms with Crippen molar-refractivity contribution in [2.24, 2.45) is 0 Å². The standard InChI is InChI=1S/C17H12N2O4S/c1-10-6-16(21)23-14-8-12(2-3-13(10)14)22-9-11-7-15(20)19-4-5-24-17(19)18-11/h2-8H,9H2,1H3. The molecule has 0 saturated carbocycles. The lowest BCUT2D eigenvalue weighted by Gasteiger charge is -2.07. The molecule has 7 heteroatoms. The van der Waals surface area contributed by atoms with Crippen LogP contribution in [-0.2, 0) is 6.61 Å². The molecule has 4 aromatic rings. The molecular weight excluding hydrogens is 328 g/mol. The van der Waals surface area contributed by atoms with E-state index in [1.807, 2.05) is 18.4 Å². The van der Waals surface area contributed by atoms with Gasteiger partial charge in [0.15, 0.2) is 4.96 Å². The highest BCUT2D eigenvalue weighted by molar-refractivity contribution is 7.15. The summed E-state index contributed by atoms with van der Waals surface area (Å²) in [5.41, 5.74) is 1.34. The quantitative estimate of drug-likeness (QED) is 0.536. The minimum Gasteiger partial charge on any atom is -0.487 e. The second-order valence-electron chi connectivity index (χ2n) is 5.34. The summed E-state index contributed by atoms with van der Waals surface area (Å²) in [6.45, 7) is 2.01. The maximum absolute atomic E-state index is 11.9. The Morgan fingerprint density at radius 1 is 1.25 bits per heavy atom. The number of hydrogen-bond acceptors (Lipinski definition) is 6. The largest absolute Gasteiger partial charge is 0.487 e. The van der Waals surface area contributed by atoms with Gasteiger partial charge in [-0.3, -0.25) is 9.20 Å². The van der Waals surface area contributed by atoms with Crippen LogP contribution in [0.1, 0.15) is 11.3 Å². The smallest absolute Gasteiger partial charge is 0.336 e. The maximum atomic E-state index is 11.9. The molecule has 0 radical (unpaired) electrons. The summed E-state index contributed by atoms with van der Waals surface area (Å²) >= 11 is 1.39. The zero-order valence-corrected chi connectivity index (χ0v) is 13.5. The molecule has 0 aliphatic heterocycles. The van der Waals surface area contributed by atoms with Crippen LogP contribution in [0.5, 0.6) is 5.75 Å². The van der Waals surface area contributed by atoms with Crippen LogP contribution in [0.2, 0.25) is 0 Å². The number of aromatic nitrogens is 2. The summed E-state index contributed by atoms with van der Waals surface area (Å²) in [7, 11) is 0. The van der Waals surface area contributed by atoms with Gasteiger partial charge in [0, 0.05) is 35.2 Å².